The third-order valence-corrected chi connectivity index (χ3v) is 6.22. The molecule has 0 aliphatic carbocycles. The van der Waals surface area contributed by atoms with E-state index in [2.05, 4.69) is 31.0 Å². The fraction of sp³-hybridized carbons (Fsp3) is 0.417. The van der Waals surface area contributed by atoms with E-state index in [1.807, 2.05) is 48.7 Å². The number of allylic oxidation sites excluding steroid dienone is 2. The number of rotatable bonds is 9. The lowest BCUT2D eigenvalue weighted by molar-refractivity contribution is -0.248. The summed E-state index contributed by atoms with van der Waals surface area (Å²) in [5.41, 5.74) is 1.04. The number of pyridine rings is 1. The zero-order chi connectivity index (χ0) is 21.4. The highest BCUT2D eigenvalue weighted by molar-refractivity contribution is 8.00. The number of carboxylic acid groups (broad SMARTS) is 1. The Bertz CT molecular complexity index is 826. The minimum Gasteiger partial charge on any atom is -0.481 e. The molecular weight excluding hydrogens is 398 g/mol. The topological polar surface area (TPSA) is 68.7 Å². The van der Waals surface area contributed by atoms with Gasteiger partial charge in [-0.15, -0.1) is 11.8 Å². The van der Waals surface area contributed by atoms with Crippen LogP contribution in [0.5, 0.6) is 0 Å². The summed E-state index contributed by atoms with van der Waals surface area (Å²) in [7, 11) is 0. The van der Waals surface area contributed by atoms with Crippen LogP contribution in [-0.4, -0.2) is 33.7 Å². The van der Waals surface area contributed by atoms with Gasteiger partial charge in [0.1, 0.15) is 0 Å². The molecule has 1 aromatic heterocycles. The Morgan fingerprint density at radius 3 is 2.73 bits per heavy atom. The zero-order valence-corrected chi connectivity index (χ0v) is 18.3. The molecule has 0 amide bonds. The number of hydrogen-bond acceptors (Lipinski definition) is 5. The van der Waals surface area contributed by atoms with Crippen LogP contribution < -0.4 is 0 Å². The SMILES string of the molecule is CC(C)(Sc1ccccc1)[C@@H]1OC[C@H](C/C=C\CCC(=O)O)[C@H](c2cccnc2)O1. The predicted molar refractivity (Wildman–Crippen MR) is 118 cm³/mol. The van der Waals surface area contributed by atoms with Gasteiger partial charge in [-0.1, -0.05) is 36.4 Å². The van der Waals surface area contributed by atoms with Crippen LogP contribution in [-0.2, 0) is 14.3 Å². The van der Waals surface area contributed by atoms with E-state index >= 15 is 0 Å². The molecule has 1 aliphatic rings. The molecule has 3 atom stereocenters. The van der Waals surface area contributed by atoms with Crippen molar-refractivity contribution in [1.29, 1.82) is 0 Å². The van der Waals surface area contributed by atoms with E-state index in [-0.39, 0.29) is 29.5 Å². The molecule has 0 saturated carbocycles. The molecule has 0 radical (unpaired) electrons. The van der Waals surface area contributed by atoms with E-state index in [1.165, 1.54) is 4.90 Å². The lowest BCUT2D eigenvalue weighted by Gasteiger charge is -2.42. The van der Waals surface area contributed by atoms with Gasteiger partial charge in [0.15, 0.2) is 6.29 Å². The Morgan fingerprint density at radius 2 is 2.03 bits per heavy atom. The maximum Gasteiger partial charge on any atom is 0.303 e. The average Bonchev–Trinajstić information content (AvgIpc) is 2.74. The molecule has 2 aromatic rings. The first-order chi connectivity index (χ1) is 14.5. The van der Waals surface area contributed by atoms with Crippen molar-refractivity contribution in [1.82, 2.24) is 4.98 Å². The normalized spacial score (nSPS) is 22.3. The number of carbonyl (C=O) groups is 1. The summed E-state index contributed by atoms with van der Waals surface area (Å²) in [6.07, 6.45) is 8.53. The van der Waals surface area contributed by atoms with Gasteiger partial charge >= 0.3 is 5.97 Å². The molecule has 3 rings (SSSR count). The van der Waals surface area contributed by atoms with Crippen molar-refractivity contribution < 1.29 is 19.4 Å². The van der Waals surface area contributed by atoms with Crippen LogP contribution in [0.1, 0.15) is 44.8 Å². The number of thioether (sulfide) groups is 1. The van der Waals surface area contributed by atoms with Crippen LogP contribution in [0.4, 0.5) is 0 Å². The summed E-state index contributed by atoms with van der Waals surface area (Å²) in [6.45, 7) is 4.86. The molecule has 0 bridgehead atoms. The van der Waals surface area contributed by atoms with Crippen LogP contribution >= 0.6 is 11.8 Å². The van der Waals surface area contributed by atoms with Gasteiger partial charge < -0.3 is 14.6 Å². The second-order valence-electron chi connectivity index (χ2n) is 7.93. The Balaban J connectivity index is 1.70. The first-order valence-electron chi connectivity index (χ1n) is 10.2. The van der Waals surface area contributed by atoms with Crippen molar-refractivity contribution in [2.45, 2.75) is 55.1 Å². The van der Waals surface area contributed by atoms with Crippen LogP contribution in [0.2, 0.25) is 0 Å². The molecule has 1 N–H and O–H groups in total. The molecule has 1 aliphatic heterocycles. The molecule has 0 spiro atoms. The van der Waals surface area contributed by atoms with E-state index in [4.69, 9.17) is 14.6 Å². The smallest absolute Gasteiger partial charge is 0.303 e. The maximum atomic E-state index is 10.7. The van der Waals surface area contributed by atoms with Crippen LogP contribution in [0, 0.1) is 5.92 Å². The zero-order valence-electron chi connectivity index (χ0n) is 17.4. The predicted octanol–water partition coefficient (Wildman–Crippen LogP) is 5.49. The minimum absolute atomic E-state index is 0.128. The fourth-order valence-electron chi connectivity index (χ4n) is 3.47. The van der Waals surface area contributed by atoms with E-state index in [0.29, 0.717) is 13.0 Å². The van der Waals surface area contributed by atoms with Crippen LogP contribution in [0.15, 0.2) is 71.9 Å². The first kappa shape index (κ1) is 22.5. The van der Waals surface area contributed by atoms with Gasteiger partial charge in [0.25, 0.3) is 0 Å². The summed E-state index contributed by atoms with van der Waals surface area (Å²) in [6, 6.07) is 14.2. The van der Waals surface area contributed by atoms with E-state index < -0.39 is 5.97 Å². The molecule has 30 heavy (non-hydrogen) atoms. The number of benzene rings is 1. The summed E-state index contributed by atoms with van der Waals surface area (Å²) in [5, 5.41) is 8.78. The van der Waals surface area contributed by atoms with Gasteiger partial charge in [0.05, 0.1) is 17.5 Å². The van der Waals surface area contributed by atoms with E-state index in [1.54, 1.807) is 18.0 Å². The fourth-order valence-corrected chi connectivity index (χ4v) is 4.59. The molecule has 1 aromatic carbocycles. The third kappa shape index (κ3) is 6.42. The highest BCUT2D eigenvalue weighted by atomic mass is 32.2. The highest BCUT2D eigenvalue weighted by Crippen LogP contribution is 2.43. The summed E-state index contributed by atoms with van der Waals surface area (Å²) >= 11 is 1.74. The van der Waals surface area contributed by atoms with E-state index in [9.17, 15) is 4.79 Å². The largest absolute Gasteiger partial charge is 0.481 e. The van der Waals surface area contributed by atoms with E-state index in [0.717, 1.165) is 12.0 Å². The number of hydrogen-bond donors (Lipinski definition) is 1. The van der Waals surface area contributed by atoms with Gasteiger partial charge in [-0.2, -0.15) is 0 Å². The van der Waals surface area contributed by atoms with Gasteiger partial charge in [-0.3, -0.25) is 9.78 Å². The quantitative estimate of drug-likeness (QED) is 0.421. The van der Waals surface area contributed by atoms with Crippen LogP contribution in [0.3, 0.4) is 0 Å². The number of carboxylic acids is 1. The van der Waals surface area contributed by atoms with Gasteiger partial charge in [-0.25, -0.2) is 0 Å². The van der Waals surface area contributed by atoms with Gasteiger partial charge in [0.2, 0.25) is 0 Å². The maximum absolute atomic E-state index is 10.7. The van der Waals surface area contributed by atoms with Gasteiger partial charge in [0, 0.05) is 29.6 Å². The summed E-state index contributed by atoms with van der Waals surface area (Å²) in [4.78, 5) is 16.1. The van der Waals surface area contributed by atoms with Gasteiger partial charge in [-0.05, 0) is 50.5 Å². The second-order valence-corrected chi connectivity index (χ2v) is 9.65. The Labute approximate surface area is 182 Å². The van der Waals surface area contributed by atoms with Crippen molar-refractivity contribution in [2.24, 2.45) is 5.92 Å². The highest BCUT2D eigenvalue weighted by Gasteiger charge is 2.41. The molecule has 1 fully saturated rings. The first-order valence-corrected chi connectivity index (χ1v) is 11.0. The summed E-state index contributed by atoms with van der Waals surface area (Å²) in [5.74, 6) is -0.637. The van der Waals surface area contributed by atoms with Crippen molar-refractivity contribution in [3.8, 4) is 0 Å². The van der Waals surface area contributed by atoms with Crippen LogP contribution in [0.25, 0.3) is 0 Å². The molecule has 0 unspecified atom stereocenters. The minimum atomic E-state index is -0.779. The van der Waals surface area contributed by atoms with Crippen molar-refractivity contribution >= 4 is 17.7 Å². The second kappa shape index (κ2) is 10.8. The van der Waals surface area contributed by atoms with Crippen molar-refractivity contribution in [3.05, 3.63) is 72.6 Å². The number of nitrogens with zero attached hydrogens (tertiary/aromatic N) is 1. The molecule has 160 valence electrons. The number of aliphatic carboxylic acids is 1. The Hall–Kier alpha value is -2.15. The lowest BCUT2D eigenvalue weighted by Crippen LogP contribution is -2.45. The standard InChI is InChI=1S/C24H29NO4S/c1-24(2,30-20-12-6-4-7-13-20)23-28-17-19(10-5-3-8-14-21(26)27)22(29-23)18-11-9-15-25-16-18/h3-7,9,11-13,15-16,19,22-23H,8,10,14,17H2,1-2H3,(H,26,27)/b5-3-/t19-,22-,23+/m0/s1. The third-order valence-electron chi connectivity index (χ3n) is 5.00. The summed E-state index contributed by atoms with van der Waals surface area (Å²) < 4.78 is 12.4. The molecule has 1 saturated heterocycles. The molecular formula is C24H29NO4S. The molecule has 5 nitrogen and oxygen atoms in total. The lowest BCUT2D eigenvalue weighted by atomic mass is 9.92. The number of ether oxygens (including phenoxy) is 2. The molecule has 6 heteroatoms. The average molecular weight is 428 g/mol. The molecule has 2 heterocycles. The van der Waals surface area contributed by atoms with Crippen molar-refractivity contribution in [2.75, 3.05) is 6.61 Å². The Morgan fingerprint density at radius 1 is 1.23 bits per heavy atom. The van der Waals surface area contributed by atoms with Crippen molar-refractivity contribution in [3.63, 3.8) is 0 Å². The Kier molecular flexibility index (Phi) is 8.08. The number of aromatic nitrogens is 1. The monoisotopic (exact) mass is 427 g/mol.